The molecule has 4 nitrogen and oxygen atoms in total. The van der Waals surface area contributed by atoms with Crippen LogP contribution < -0.4 is 5.32 Å². The van der Waals surface area contributed by atoms with E-state index in [1.54, 1.807) is 6.20 Å². The minimum absolute atomic E-state index is 0.279. The van der Waals surface area contributed by atoms with E-state index in [4.69, 9.17) is 0 Å². The molecule has 2 saturated heterocycles. The summed E-state index contributed by atoms with van der Waals surface area (Å²) < 4.78 is 0. The van der Waals surface area contributed by atoms with Crippen LogP contribution in [0.4, 0.5) is 0 Å². The summed E-state index contributed by atoms with van der Waals surface area (Å²) in [4.78, 5) is 18.5. The van der Waals surface area contributed by atoms with Gasteiger partial charge in [-0.1, -0.05) is 6.07 Å². The molecule has 2 aliphatic rings. The van der Waals surface area contributed by atoms with Gasteiger partial charge in [-0.3, -0.25) is 9.78 Å². The van der Waals surface area contributed by atoms with Crippen LogP contribution in [-0.4, -0.2) is 41.5 Å². The first-order chi connectivity index (χ1) is 9.33. The molecule has 0 aromatic carbocycles. The molecule has 0 saturated carbocycles. The number of carbonyl (C=O) groups excluding carboxylic acids is 1. The molecule has 4 heteroatoms. The molecule has 1 aromatic rings. The van der Waals surface area contributed by atoms with Crippen LogP contribution in [0.25, 0.3) is 0 Å². The molecule has 102 valence electrons. The standard InChI is InChI=1S/C15H21N3O/c19-15(7-6-13-5-1-2-8-16-13)18-10-12-4-3-9-17-14(12)11-18/h1-2,5,8,12,14,17H,3-4,6-7,9-11H2. The van der Waals surface area contributed by atoms with Gasteiger partial charge in [-0.15, -0.1) is 0 Å². The predicted octanol–water partition coefficient (Wildman–Crippen LogP) is 1.22. The van der Waals surface area contributed by atoms with E-state index in [0.29, 0.717) is 18.4 Å². The zero-order valence-electron chi connectivity index (χ0n) is 11.2. The van der Waals surface area contributed by atoms with Crippen molar-refractivity contribution in [3.8, 4) is 0 Å². The van der Waals surface area contributed by atoms with Crippen molar-refractivity contribution in [1.82, 2.24) is 15.2 Å². The molecule has 3 rings (SSSR count). The number of likely N-dealkylation sites (tertiary alicyclic amines) is 1. The molecule has 2 fully saturated rings. The molecule has 2 aliphatic heterocycles. The van der Waals surface area contributed by atoms with E-state index >= 15 is 0 Å². The van der Waals surface area contributed by atoms with E-state index in [9.17, 15) is 4.79 Å². The number of nitrogens with one attached hydrogen (secondary N) is 1. The molecule has 0 spiro atoms. The van der Waals surface area contributed by atoms with Crippen molar-refractivity contribution in [2.75, 3.05) is 19.6 Å². The van der Waals surface area contributed by atoms with Gasteiger partial charge < -0.3 is 10.2 Å². The SMILES string of the molecule is O=C(CCc1ccccn1)N1CC2CCCNC2C1. The number of piperidine rings is 1. The van der Waals surface area contributed by atoms with Gasteiger partial charge in [-0.05, 0) is 43.9 Å². The summed E-state index contributed by atoms with van der Waals surface area (Å²) >= 11 is 0. The Labute approximate surface area is 114 Å². The molecule has 19 heavy (non-hydrogen) atoms. The number of hydrogen-bond acceptors (Lipinski definition) is 3. The van der Waals surface area contributed by atoms with Crippen LogP contribution in [0.3, 0.4) is 0 Å². The Balaban J connectivity index is 1.51. The zero-order chi connectivity index (χ0) is 13.1. The Kier molecular flexibility index (Phi) is 3.78. The van der Waals surface area contributed by atoms with Crippen molar-refractivity contribution in [2.45, 2.75) is 31.7 Å². The third-order valence-corrected chi connectivity index (χ3v) is 4.27. The van der Waals surface area contributed by atoms with E-state index in [1.807, 2.05) is 23.1 Å². The summed E-state index contributed by atoms with van der Waals surface area (Å²) in [5.74, 6) is 0.953. The number of amides is 1. The van der Waals surface area contributed by atoms with Gasteiger partial charge in [0.2, 0.25) is 5.91 Å². The number of carbonyl (C=O) groups is 1. The molecule has 2 unspecified atom stereocenters. The Morgan fingerprint density at radius 3 is 3.16 bits per heavy atom. The molecule has 1 amide bonds. The minimum Gasteiger partial charge on any atom is -0.341 e. The molecule has 1 aromatic heterocycles. The van der Waals surface area contributed by atoms with E-state index in [0.717, 1.165) is 31.7 Å². The topological polar surface area (TPSA) is 45.2 Å². The van der Waals surface area contributed by atoms with Crippen molar-refractivity contribution in [2.24, 2.45) is 5.92 Å². The van der Waals surface area contributed by atoms with Crippen molar-refractivity contribution in [3.63, 3.8) is 0 Å². The van der Waals surface area contributed by atoms with Crippen LogP contribution in [0, 0.1) is 5.92 Å². The molecule has 1 N–H and O–H groups in total. The average Bonchev–Trinajstić information content (AvgIpc) is 2.90. The molecule has 0 aliphatic carbocycles. The smallest absolute Gasteiger partial charge is 0.223 e. The Morgan fingerprint density at radius 2 is 2.37 bits per heavy atom. The van der Waals surface area contributed by atoms with Crippen LogP contribution in [0.1, 0.15) is 25.0 Å². The van der Waals surface area contributed by atoms with Gasteiger partial charge in [-0.25, -0.2) is 0 Å². The van der Waals surface area contributed by atoms with Crippen molar-refractivity contribution in [3.05, 3.63) is 30.1 Å². The highest BCUT2D eigenvalue weighted by molar-refractivity contribution is 5.76. The molecule has 3 heterocycles. The van der Waals surface area contributed by atoms with Gasteiger partial charge in [0.05, 0.1) is 0 Å². The molecular formula is C15H21N3O. The largest absolute Gasteiger partial charge is 0.341 e. The Morgan fingerprint density at radius 1 is 1.42 bits per heavy atom. The maximum absolute atomic E-state index is 12.2. The normalized spacial score (nSPS) is 26.2. The molecular weight excluding hydrogens is 238 g/mol. The lowest BCUT2D eigenvalue weighted by atomic mass is 9.94. The number of rotatable bonds is 3. The second kappa shape index (κ2) is 5.70. The summed E-state index contributed by atoms with van der Waals surface area (Å²) in [7, 11) is 0. The van der Waals surface area contributed by atoms with Crippen LogP contribution in [0.2, 0.25) is 0 Å². The molecule has 0 bridgehead atoms. The summed E-state index contributed by atoms with van der Waals surface area (Å²) in [5, 5.41) is 3.53. The van der Waals surface area contributed by atoms with Gasteiger partial charge in [-0.2, -0.15) is 0 Å². The second-order valence-electron chi connectivity index (χ2n) is 5.58. The van der Waals surface area contributed by atoms with Crippen molar-refractivity contribution < 1.29 is 4.79 Å². The van der Waals surface area contributed by atoms with Crippen LogP contribution >= 0.6 is 0 Å². The average molecular weight is 259 g/mol. The summed E-state index contributed by atoms with van der Waals surface area (Å²) in [5.41, 5.74) is 1.01. The quantitative estimate of drug-likeness (QED) is 0.888. The third-order valence-electron chi connectivity index (χ3n) is 4.27. The minimum atomic E-state index is 0.279. The van der Waals surface area contributed by atoms with Gasteiger partial charge in [0.1, 0.15) is 0 Å². The lowest BCUT2D eigenvalue weighted by Gasteiger charge is -2.24. The fourth-order valence-corrected chi connectivity index (χ4v) is 3.19. The van der Waals surface area contributed by atoms with E-state index in [2.05, 4.69) is 10.3 Å². The highest BCUT2D eigenvalue weighted by atomic mass is 16.2. The van der Waals surface area contributed by atoms with Crippen molar-refractivity contribution in [1.29, 1.82) is 0 Å². The van der Waals surface area contributed by atoms with Crippen LogP contribution in [-0.2, 0) is 11.2 Å². The lowest BCUT2D eigenvalue weighted by molar-refractivity contribution is -0.130. The highest BCUT2D eigenvalue weighted by Gasteiger charge is 2.35. The first-order valence-electron chi connectivity index (χ1n) is 7.24. The second-order valence-corrected chi connectivity index (χ2v) is 5.58. The van der Waals surface area contributed by atoms with Gasteiger partial charge in [0.25, 0.3) is 0 Å². The molecule has 2 atom stereocenters. The lowest BCUT2D eigenvalue weighted by Crippen LogP contribution is -2.41. The number of pyridine rings is 1. The third kappa shape index (κ3) is 2.95. The number of nitrogens with zero attached hydrogens (tertiary/aromatic N) is 2. The Hall–Kier alpha value is -1.42. The van der Waals surface area contributed by atoms with Crippen LogP contribution in [0.15, 0.2) is 24.4 Å². The summed E-state index contributed by atoms with van der Waals surface area (Å²) in [6.45, 7) is 2.95. The maximum atomic E-state index is 12.2. The number of fused-ring (bicyclic) bond motifs is 1. The van der Waals surface area contributed by atoms with E-state index in [-0.39, 0.29) is 5.91 Å². The van der Waals surface area contributed by atoms with E-state index in [1.165, 1.54) is 12.8 Å². The highest BCUT2D eigenvalue weighted by Crippen LogP contribution is 2.25. The number of aromatic nitrogens is 1. The Bertz CT molecular complexity index is 420. The zero-order valence-corrected chi connectivity index (χ0v) is 11.2. The maximum Gasteiger partial charge on any atom is 0.223 e. The predicted molar refractivity (Wildman–Crippen MR) is 73.7 cm³/mol. The number of hydrogen-bond donors (Lipinski definition) is 1. The van der Waals surface area contributed by atoms with Gasteiger partial charge >= 0.3 is 0 Å². The van der Waals surface area contributed by atoms with Gasteiger partial charge in [0.15, 0.2) is 0 Å². The first kappa shape index (κ1) is 12.6. The number of aryl methyl sites for hydroxylation is 1. The summed E-state index contributed by atoms with van der Waals surface area (Å²) in [6.07, 6.45) is 5.63. The monoisotopic (exact) mass is 259 g/mol. The van der Waals surface area contributed by atoms with Crippen molar-refractivity contribution >= 4 is 5.91 Å². The fraction of sp³-hybridized carbons (Fsp3) is 0.600. The molecule has 0 radical (unpaired) electrons. The summed E-state index contributed by atoms with van der Waals surface area (Å²) in [6, 6.07) is 6.40. The fourth-order valence-electron chi connectivity index (χ4n) is 3.19. The van der Waals surface area contributed by atoms with E-state index < -0.39 is 0 Å². The van der Waals surface area contributed by atoms with Gasteiger partial charge in [0, 0.05) is 37.4 Å². The van der Waals surface area contributed by atoms with Crippen LogP contribution in [0.5, 0.6) is 0 Å². The first-order valence-corrected chi connectivity index (χ1v) is 7.24.